The van der Waals surface area contributed by atoms with Crippen molar-refractivity contribution in [1.82, 2.24) is 0 Å². The molecule has 4 heteroatoms. The minimum Gasteiger partial charge on any atom is -0.478 e. The first-order chi connectivity index (χ1) is 13.5. The number of rotatable bonds is 7. The fraction of sp³-hybridized carbons (Fsp3) is 0.250. The second-order valence-corrected chi connectivity index (χ2v) is 7.19. The summed E-state index contributed by atoms with van der Waals surface area (Å²) in [6.45, 7) is 2.20. The van der Waals surface area contributed by atoms with Crippen molar-refractivity contribution in [3.63, 3.8) is 0 Å². The molecule has 1 atom stereocenters. The van der Waals surface area contributed by atoms with Gasteiger partial charge in [0.15, 0.2) is 0 Å². The molecule has 0 saturated carbocycles. The molecule has 0 radical (unpaired) electrons. The van der Waals surface area contributed by atoms with Crippen molar-refractivity contribution in [3.8, 4) is 0 Å². The molecular weight excluding hydrogens is 348 g/mol. The predicted molar refractivity (Wildman–Crippen MR) is 117 cm³/mol. The van der Waals surface area contributed by atoms with Crippen LogP contribution in [0, 0.1) is 0 Å². The third kappa shape index (κ3) is 4.58. The Labute approximate surface area is 166 Å². The van der Waals surface area contributed by atoms with Gasteiger partial charge in [0, 0.05) is 26.0 Å². The van der Waals surface area contributed by atoms with Crippen LogP contribution < -0.4 is 4.90 Å². The van der Waals surface area contributed by atoms with Crippen LogP contribution in [0.2, 0.25) is 0 Å². The highest BCUT2D eigenvalue weighted by Gasteiger charge is 2.08. The summed E-state index contributed by atoms with van der Waals surface area (Å²) in [7, 11) is 4.09. The summed E-state index contributed by atoms with van der Waals surface area (Å²) in [4.78, 5) is 17.8. The predicted octanol–water partition coefficient (Wildman–Crippen LogP) is 5.89. The number of anilines is 1. The lowest BCUT2D eigenvalue weighted by Crippen LogP contribution is -2.08. The summed E-state index contributed by atoms with van der Waals surface area (Å²) in [6, 6.07) is 19.7. The average molecular weight is 374 g/mol. The van der Waals surface area contributed by atoms with Gasteiger partial charge in [0.05, 0.1) is 11.3 Å². The highest BCUT2D eigenvalue weighted by molar-refractivity contribution is 5.95. The lowest BCUT2D eigenvalue weighted by Gasteiger charge is -2.16. The number of aliphatic imine (C=N–C) groups is 1. The van der Waals surface area contributed by atoms with E-state index in [0.29, 0.717) is 11.5 Å². The lowest BCUT2D eigenvalue weighted by atomic mass is 9.93. The van der Waals surface area contributed by atoms with Gasteiger partial charge in [-0.15, -0.1) is 0 Å². The summed E-state index contributed by atoms with van der Waals surface area (Å²) in [5, 5.41) is 11.0. The number of hydrogen-bond acceptors (Lipinski definition) is 3. The third-order valence-corrected chi connectivity index (χ3v) is 5.07. The molecule has 1 N–H and O–H groups in total. The molecule has 3 aromatic carbocycles. The van der Waals surface area contributed by atoms with Crippen molar-refractivity contribution in [2.75, 3.05) is 19.0 Å². The SMILES string of the molecule is CCC(CC=Nc1ccc2cc(C(=O)O)ccc2c1)c1ccc(N(C)C)cc1. The van der Waals surface area contributed by atoms with Crippen LogP contribution in [-0.2, 0) is 0 Å². The van der Waals surface area contributed by atoms with Gasteiger partial charge in [-0.25, -0.2) is 4.79 Å². The van der Waals surface area contributed by atoms with Crippen molar-refractivity contribution >= 4 is 34.3 Å². The van der Waals surface area contributed by atoms with Gasteiger partial charge in [-0.05, 0) is 71.5 Å². The zero-order valence-electron chi connectivity index (χ0n) is 16.6. The number of fused-ring (bicyclic) bond motifs is 1. The van der Waals surface area contributed by atoms with Crippen LogP contribution in [0.4, 0.5) is 11.4 Å². The molecule has 0 amide bonds. The highest BCUT2D eigenvalue weighted by Crippen LogP contribution is 2.26. The van der Waals surface area contributed by atoms with E-state index in [2.05, 4.69) is 41.1 Å². The molecule has 0 bridgehead atoms. The highest BCUT2D eigenvalue weighted by atomic mass is 16.4. The van der Waals surface area contributed by atoms with Crippen molar-refractivity contribution in [1.29, 1.82) is 0 Å². The van der Waals surface area contributed by atoms with Crippen LogP contribution in [0.1, 0.15) is 41.6 Å². The van der Waals surface area contributed by atoms with E-state index < -0.39 is 5.97 Å². The maximum absolute atomic E-state index is 11.1. The Morgan fingerprint density at radius 2 is 1.71 bits per heavy atom. The standard InChI is InChI=1S/C24H26N2O2/c1-4-17(18-8-11-23(12-9-18)26(2)3)13-14-25-22-10-7-19-15-21(24(27)28)6-5-20(19)16-22/h5-12,14-17H,4,13H2,1-3H3,(H,27,28). The first-order valence-electron chi connectivity index (χ1n) is 9.55. The topological polar surface area (TPSA) is 52.9 Å². The molecule has 4 nitrogen and oxygen atoms in total. The van der Waals surface area contributed by atoms with Gasteiger partial charge >= 0.3 is 5.97 Å². The van der Waals surface area contributed by atoms with E-state index in [1.54, 1.807) is 12.1 Å². The molecule has 144 valence electrons. The van der Waals surface area contributed by atoms with Crippen LogP contribution >= 0.6 is 0 Å². The molecule has 0 aliphatic heterocycles. The molecule has 1 unspecified atom stereocenters. The Morgan fingerprint density at radius 1 is 1.04 bits per heavy atom. The lowest BCUT2D eigenvalue weighted by molar-refractivity contribution is 0.0697. The minimum atomic E-state index is -0.909. The van der Waals surface area contributed by atoms with Crippen LogP contribution in [0.15, 0.2) is 65.7 Å². The molecule has 0 aromatic heterocycles. The van der Waals surface area contributed by atoms with Crippen molar-refractivity contribution in [2.24, 2.45) is 4.99 Å². The third-order valence-electron chi connectivity index (χ3n) is 5.07. The minimum absolute atomic E-state index is 0.301. The zero-order chi connectivity index (χ0) is 20.1. The number of carboxylic acid groups (broad SMARTS) is 1. The first kappa shape index (κ1) is 19.6. The molecule has 0 saturated heterocycles. The van der Waals surface area contributed by atoms with Gasteiger partial charge < -0.3 is 10.0 Å². The number of nitrogens with zero attached hydrogens (tertiary/aromatic N) is 2. The Balaban J connectivity index is 1.71. The van der Waals surface area contributed by atoms with E-state index in [1.165, 1.54) is 11.3 Å². The Bertz CT molecular complexity index is 991. The maximum atomic E-state index is 11.1. The maximum Gasteiger partial charge on any atom is 0.335 e. The van der Waals surface area contributed by atoms with E-state index in [-0.39, 0.29) is 0 Å². The number of carboxylic acids is 1. The van der Waals surface area contributed by atoms with Gasteiger partial charge in [0.1, 0.15) is 0 Å². The number of aromatic carboxylic acids is 1. The first-order valence-corrected chi connectivity index (χ1v) is 9.55. The molecule has 3 rings (SSSR count). The van der Waals surface area contributed by atoms with E-state index in [4.69, 9.17) is 5.11 Å². The Hall–Kier alpha value is -3.14. The quantitative estimate of drug-likeness (QED) is 0.525. The molecule has 0 aliphatic rings. The van der Waals surface area contributed by atoms with Crippen LogP contribution in [0.3, 0.4) is 0 Å². The van der Waals surface area contributed by atoms with Gasteiger partial charge in [-0.3, -0.25) is 4.99 Å². The van der Waals surface area contributed by atoms with Gasteiger partial charge in [-0.1, -0.05) is 31.2 Å². The van der Waals surface area contributed by atoms with Gasteiger partial charge in [0.2, 0.25) is 0 Å². The molecule has 3 aromatic rings. The summed E-state index contributed by atoms with van der Waals surface area (Å²) in [5.74, 6) is -0.466. The number of benzene rings is 3. The summed E-state index contributed by atoms with van der Waals surface area (Å²) in [5.41, 5.74) is 3.72. The van der Waals surface area contributed by atoms with Crippen molar-refractivity contribution in [2.45, 2.75) is 25.7 Å². The van der Waals surface area contributed by atoms with E-state index in [1.807, 2.05) is 44.6 Å². The zero-order valence-corrected chi connectivity index (χ0v) is 16.6. The van der Waals surface area contributed by atoms with Crippen LogP contribution in [0.25, 0.3) is 10.8 Å². The van der Waals surface area contributed by atoms with Crippen molar-refractivity contribution < 1.29 is 9.90 Å². The van der Waals surface area contributed by atoms with Crippen LogP contribution in [-0.4, -0.2) is 31.4 Å². The van der Waals surface area contributed by atoms with Crippen LogP contribution in [0.5, 0.6) is 0 Å². The monoisotopic (exact) mass is 374 g/mol. The average Bonchev–Trinajstić information content (AvgIpc) is 2.70. The van der Waals surface area contributed by atoms with E-state index in [9.17, 15) is 4.79 Å². The molecular formula is C24H26N2O2. The summed E-state index contributed by atoms with van der Waals surface area (Å²) >= 11 is 0. The molecule has 0 spiro atoms. The molecule has 0 aliphatic carbocycles. The fourth-order valence-corrected chi connectivity index (χ4v) is 3.31. The summed E-state index contributed by atoms with van der Waals surface area (Å²) < 4.78 is 0. The smallest absolute Gasteiger partial charge is 0.335 e. The second kappa shape index (κ2) is 8.70. The molecule has 28 heavy (non-hydrogen) atoms. The molecule has 0 fully saturated rings. The number of hydrogen-bond donors (Lipinski definition) is 1. The second-order valence-electron chi connectivity index (χ2n) is 7.19. The van der Waals surface area contributed by atoms with E-state index in [0.717, 1.165) is 29.3 Å². The number of carbonyl (C=O) groups is 1. The largest absolute Gasteiger partial charge is 0.478 e. The summed E-state index contributed by atoms with van der Waals surface area (Å²) in [6.07, 6.45) is 3.93. The fourth-order valence-electron chi connectivity index (χ4n) is 3.31. The van der Waals surface area contributed by atoms with Gasteiger partial charge in [0.25, 0.3) is 0 Å². The van der Waals surface area contributed by atoms with Gasteiger partial charge in [-0.2, -0.15) is 0 Å². The Morgan fingerprint density at radius 3 is 2.36 bits per heavy atom. The Kier molecular flexibility index (Phi) is 6.09. The normalized spacial score (nSPS) is 12.4. The van der Waals surface area contributed by atoms with Crippen molar-refractivity contribution in [3.05, 3.63) is 71.8 Å². The molecule has 0 heterocycles. The van der Waals surface area contributed by atoms with E-state index >= 15 is 0 Å².